The van der Waals surface area contributed by atoms with Gasteiger partial charge in [-0.05, 0) is 18.2 Å². The molecule has 0 radical (unpaired) electrons. The molecule has 2 N–H and O–H groups in total. The fourth-order valence-corrected chi connectivity index (χ4v) is 1.31. The predicted molar refractivity (Wildman–Crippen MR) is 66.4 cm³/mol. The van der Waals surface area contributed by atoms with Gasteiger partial charge in [0.05, 0.1) is 25.8 Å². The largest absolute Gasteiger partial charge is 0.522 e. The van der Waals surface area contributed by atoms with Crippen LogP contribution in [0.25, 0.3) is 0 Å². The minimum Gasteiger partial charge on any atom is -0.497 e. The summed E-state index contributed by atoms with van der Waals surface area (Å²) in [6.07, 6.45) is -4.66. The molecule has 20 heavy (non-hydrogen) atoms. The molecule has 0 fully saturated rings. The van der Waals surface area contributed by atoms with Crippen LogP contribution in [0.4, 0.5) is 13.2 Å². The highest BCUT2D eigenvalue weighted by atomic mass is 19.4. The lowest BCUT2D eigenvalue weighted by molar-refractivity contribution is -0.325. The molecule has 0 unspecified atom stereocenters. The molecule has 0 aromatic heterocycles. The number of nitrogens with two attached hydrogens (primary N) is 1. The van der Waals surface area contributed by atoms with Crippen LogP contribution < -0.4 is 15.2 Å². The highest BCUT2D eigenvalue weighted by molar-refractivity contribution is 5.50. The van der Waals surface area contributed by atoms with Crippen LogP contribution in [-0.2, 0) is 4.74 Å². The first-order chi connectivity index (χ1) is 9.46. The van der Waals surface area contributed by atoms with Gasteiger partial charge in [-0.25, -0.2) is 0 Å². The smallest absolute Gasteiger partial charge is 0.497 e. The third kappa shape index (κ3) is 5.82. The van der Waals surface area contributed by atoms with E-state index in [0.717, 1.165) is 0 Å². The summed E-state index contributed by atoms with van der Waals surface area (Å²) in [5.41, 5.74) is 5.76. The van der Waals surface area contributed by atoms with Crippen molar-refractivity contribution < 1.29 is 27.4 Å². The molecule has 110 valence electrons. The Balaban J connectivity index is 2.68. The van der Waals surface area contributed by atoms with Gasteiger partial charge in [-0.2, -0.15) is 0 Å². The molecular weight excluding hydrogens is 275 g/mol. The Labute approximate surface area is 114 Å². The van der Waals surface area contributed by atoms with E-state index in [2.05, 4.69) is 16.6 Å². The van der Waals surface area contributed by atoms with Gasteiger partial charge in [0.1, 0.15) is 18.1 Å². The Morgan fingerprint density at radius 3 is 2.60 bits per heavy atom. The lowest BCUT2D eigenvalue weighted by Gasteiger charge is -2.11. The summed E-state index contributed by atoms with van der Waals surface area (Å²) in [5, 5.41) is 0. The number of benzene rings is 1. The molecule has 4 nitrogen and oxygen atoms in total. The molecule has 0 amide bonds. The fraction of sp³-hybridized carbons (Fsp3) is 0.385. The molecule has 7 heteroatoms. The Morgan fingerprint density at radius 2 is 2.00 bits per heavy atom. The maximum atomic E-state index is 11.8. The van der Waals surface area contributed by atoms with Crippen molar-refractivity contribution in [2.75, 3.05) is 26.9 Å². The number of hydrogen-bond donors (Lipinski definition) is 1. The number of alkyl halides is 3. The van der Waals surface area contributed by atoms with Crippen LogP contribution in [-0.4, -0.2) is 33.2 Å². The van der Waals surface area contributed by atoms with E-state index in [4.69, 9.17) is 15.2 Å². The van der Waals surface area contributed by atoms with E-state index in [-0.39, 0.29) is 13.2 Å². The molecule has 1 aromatic carbocycles. The van der Waals surface area contributed by atoms with Crippen molar-refractivity contribution in [3.8, 4) is 23.3 Å². The Morgan fingerprint density at radius 1 is 1.25 bits per heavy atom. The fourth-order valence-electron chi connectivity index (χ4n) is 1.31. The molecule has 1 aromatic rings. The van der Waals surface area contributed by atoms with Crippen LogP contribution in [0, 0.1) is 11.8 Å². The second-order valence-electron chi connectivity index (χ2n) is 3.51. The van der Waals surface area contributed by atoms with Gasteiger partial charge >= 0.3 is 6.36 Å². The maximum absolute atomic E-state index is 11.8. The van der Waals surface area contributed by atoms with Crippen molar-refractivity contribution in [3.63, 3.8) is 0 Å². The van der Waals surface area contributed by atoms with Crippen molar-refractivity contribution in [1.82, 2.24) is 0 Å². The zero-order valence-corrected chi connectivity index (χ0v) is 10.8. The second-order valence-corrected chi connectivity index (χ2v) is 3.51. The van der Waals surface area contributed by atoms with E-state index in [0.29, 0.717) is 17.1 Å². The summed E-state index contributed by atoms with van der Waals surface area (Å²) in [6, 6.07) is 4.79. The molecule has 0 aliphatic heterocycles. The molecule has 0 saturated heterocycles. The quantitative estimate of drug-likeness (QED) is 0.664. The van der Waals surface area contributed by atoms with Crippen LogP contribution >= 0.6 is 0 Å². The molecule has 0 aliphatic rings. The Hall–Kier alpha value is -1.91. The van der Waals surface area contributed by atoms with E-state index in [1.807, 2.05) is 0 Å². The minimum atomic E-state index is -4.66. The number of rotatable bonds is 5. The predicted octanol–water partition coefficient (Wildman–Crippen LogP) is 1.92. The molecule has 0 bridgehead atoms. The van der Waals surface area contributed by atoms with Gasteiger partial charge < -0.3 is 15.2 Å². The molecular formula is C13H14F3NO3. The van der Waals surface area contributed by atoms with E-state index >= 15 is 0 Å². The van der Waals surface area contributed by atoms with Gasteiger partial charge in [-0.3, -0.25) is 4.74 Å². The molecule has 0 spiro atoms. The third-order valence-electron chi connectivity index (χ3n) is 2.12. The number of hydrogen-bond acceptors (Lipinski definition) is 4. The molecule has 1 rings (SSSR count). The zero-order valence-electron chi connectivity index (χ0n) is 10.8. The molecule has 0 atom stereocenters. The van der Waals surface area contributed by atoms with Crippen molar-refractivity contribution in [3.05, 3.63) is 23.8 Å². The molecule has 0 saturated carbocycles. The van der Waals surface area contributed by atoms with Gasteiger partial charge in [0.15, 0.2) is 0 Å². The van der Waals surface area contributed by atoms with Gasteiger partial charge in [-0.1, -0.05) is 11.8 Å². The minimum absolute atomic E-state index is 0.161. The van der Waals surface area contributed by atoms with Gasteiger partial charge in [0.25, 0.3) is 0 Å². The van der Waals surface area contributed by atoms with Crippen LogP contribution in [0.2, 0.25) is 0 Å². The average Bonchev–Trinajstić information content (AvgIpc) is 2.40. The first-order valence-electron chi connectivity index (χ1n) is 5.66. The Kier molecular flexibility index (Phi) is 6.15. The van der Waals surface area contributed by atoms with Crippen molar-refractivity contribution >= 4 is 0 Å². The van der Waals surface area contributed by atoms with Crippen molar-refractivity contribution in [1.29, 1.82) is 0 Å². The van der Waals surface area contributed by atoms with Crippen LogP contribution in [0.1, 0.15) is 5.56 Å². The summed E-state index contributed by atoms with van der Waals surface area (Å²) in [7, 11) is 1.49. The first-order valence-corrected chi connectivity index (χ1v) is 5.66. The summed E-state index contributed by atoms with van der Waals surface area (Å²) in [6.45, 7) is -0.684. The van der Waals surface area contributed by atoms with Gasteiger partial charge in [0, 0.05) is 0 Å². The lowest BCUT2D eigenvalue weighted by atomic mass is 10.2. The average molecular weight is 289 g/mol. The molecule has 0 aliphatic carbocycles. The topological polar surface area (TPSA) is 53.7 Å². The third-order valence-corrected chi connectivity index (χ3v) is 2.12. The summed E-state index contributed by atoms with van der Waals surface area (Å²) < 4.78 is 49.2. The number of methoxy groups -OCH3 is 1. The highest BCUT2D eigenvalue weighted by Gasteiger charge is 2.28. The number of ether oxygens (including phenoxy) is 3. The van der Waals surface area contributed by atoms with E-state index < -0.39 is 13.0 Å². The summed E-state index contributed by atoms with van der Waals surface area (Å²) in [4.78, 5) is 0. The number of halogens is 3. The first kappa shape index (κ1) is 16.1. The Bertz CT molecular complexity index is 492. The van der Waals surface area contributed by atoms with Crippen LogP contribution in [0.15, 0.2) is 18.2 Å². The van der Waals surface area contributed by atoms with E-state index in [9.17, 15) is 13.2 Å². The van der Waals surface area contributed by atoms with Gasteiger partial charge in [-0.15, -0.1) is 13.2 Å². The van der Waals surface area contributed by atoms with Crippen molar-refractivity contribution in [2.24, 2.45) is 5.73 Å². The van der Waals surface area contributed by atoms with Crippen LogP contribution in [0.5, 0.6) is 11.5 Å². The van der Waals surface area contributed by atoms with E-state index in [1.54, 1.807) is 18.2 Å². The second kappa shape index (κ2) is 7.62. The van der Waals surface area contributed by atoms with Gasteiger partial charge in [0.2, 0.25) is 0 Å². The standard InChI is InChI=1S/C13H14F3NO3/c1-18-11-4-5-12(10(9-11)3-2-6-17)19-7-8-20-13(14,15)16/h4-5,9H,6-8,17H2,1H3. The zero-order chi connectivity index (χ0) is 15.0. The maximum Gasteiger partial charge on any atom is 0.522 e. The highest BCUT2D eigenvalue weighted by Crippen LogP contribution is 2.23. The lowest BCUT2D eigenvalue weighted by Crippen LogP contribution is -2.18. The monoisotopic (exact) mass is 289 g/mol. The van der Waals surface area contributed by atoms with Crippen molar-refractivity contribution in [2.45, 2.75) is 6.36 Å². The molecule has 0 heterocycles. The van der Waals surface area contributed by atoms with E-state index in [1.165, 1.54) is 7.11 Å². The summed E-state index contributed by atoms with van der Waals surface area (Å²) >= 11 is 0. The normalized spacial score (nSPS) is 10.7. The summed E-state index contributed by atoms with van der Waals surface area (Å²) in [5.74, 6) is 6.31. The van der Waals surface area contributed by atoms with Crippen LogP contribution in [0.3, 0.4) is 0 Å². The SMILES string of the molecule is COc1ccc(OCCOC(F)(F)F)c(C#CCN)c1.